The van der Waals surface area contributed by atoms with Crippen molar-refractivity contribution in [2.45, 2.75) is 13.0 Å². The molecule has 5 nitrogen and oxygen atoms in total. The Morgan fingerprint density at radius 2 is 2.31 bits per heavy atom. The van der Waals surface area contributed by atoms with Crippen molar-refractivity contribution >= 4 is 0 Å². The number of aliphatic hydroxyl groups excluding tert-OH is 1. The first-order valence-corrected chi connectivity index (χ1v) is 4.05. The van der Waals surface area contributed by atoms with Gasteiger partial charge in [-0.1, -0.05) is 0 Å². The molecule has 0 bridgehead atoms. The summed E-state index contributed by atoms with van der Waals surface area (Å²) < 4.78 is 6.74. The maximum atomic E-state index is 8.92. The van der Waals surface area contributed by atoms with Crippen LogP contribution in [0, 0.1) is 6.92 Å². The molecule has 0 aromatic carbocycles. The minimum absolute atomic E-state index is 0.108. The maximum absolute atomic E-state index is 8.92. The fourth-order valence-electron chi connectivity index (χ4n) is 1.41. The molecule has 13 heavy (non-hydrogen) atoms. The molecule has 0 aliphatic heterocycles. The van der Waals surface area contributed by atoms with E-state index in [-0.39, 0.29) is 6.61 Å². The molecule has 0 saturated carbocycles. The van der Waals surface area contributed by atoms with Gasteiger partial charge >= 0.3 is 0 Å². The van der Waals surface area contributed by atoms with E-state index in [1.807, 2.05) is 6.92 Å². The number of hydrogen-bond donors (Lipinski definition) is 2. The van der Waals surface area contributed by atoms with Crippen molar-refractivity contribution in [2.24, 2.45) is 12.8 Å². The Bertz CT molecular complexity index is 296. The molecule has 0 saturated heterocycles. The van der Waals surface area contributed by atoms with Crippen LogP contribution in [0.1, 0.15) is 17.3 Å². The number of aryl methyl sites for hydroxylation is 2. The number of nitrogens with two attached hydrogens (primary N) is 1. The summed E-state index contributed by atoms with van der Waals surface area (Å²) in [6.45, 7) is 1.73. The number of methoxy groups -OCH3 is 1. The number of aromatic nitrogens is 2. The smallest absolute Gasteiger partial charge is 0.216 e. The van der Waals surface area contributed by atoms with Gasteiger partial charge in [-0.25, -0.2) is 4.68 Å². The Morgan fingerprint density at radius 3 is 2.77 bits per heavy atom. The van der Waals surface area contributed by atoms with E-state index in [9.17, 15) is 0 Å². The maximum Gasteiger partial charge on any atom is 0.216 e. The molecular formula is C8H15N3O2. The molecule has 1 rings (SSSR count). The van der Waals surface area contributed by atoms with Crippen molar-refractivity contribution in [3.05, 3.63) is 11.3 Å². The minimum atomic E-state index is -0.427. The fraction of sp³-hybridized carbons (Fsp3) is 0.625. The van der Waals surface area contributed by atoms with E-state index < -0.39 is 6.04 Å². The van der Waals surface area contributed by atoms with Crippen LogP contribution in [0.15, 0.2) is 0 Å². The molecule has 1 atom stereocenters. The van der Waals surface area contributed by atoms with Gasteiger partial charge in [-0.2, -0.15) is 5.10 Å². The van der Waals surface area contributed by atoms with Gasteiger partial charge in [0.15, 0.2) is 0 Å². The van der Waals surface area contributed by atoms with Gasteiger partial charge in [0.2, 0.25) is 5.88 Å². The van der Waals surface area contributed by atoms with Crippen LogP contribution in [-0.2, 0) is 7.05 Å². The van der Waals surface area contributed by atoms with E-state index in [0.29, 0.717) is 5.88 Å². The summed E-state index contributed by atoms with van der Waals surface area (Å²) in [5.41, 5.74) is 7.26. The van der Waals surface area contributed by atoms with Crippen molar-refractivity contribution in [3.8, 4) is 5.88 Å². The Labute approximate surface area is 77.1 Å². The van der Waals surface area contributed by atoms with Crippen molar-refractivity contribution in [1.82, 2.24) is 9.78 Å². The highest BCUT2D eigenvalue weighted by Crippen LogP contribution is 2.25. The van der Waals surface area contributed by atoms with Gasteiger partial charge in [0.05, 0.1) is 31.0 Å². The third-order valence-electron chi connectivity index (χ3n) is 1.97. The molecule has 1 heterocycles. The van der Waals surface area contributed by atoms with E-state index >= 15 is 0 Å². The normalized spacial score (nSPS) is 13.0. The predicted molar refractivity (Wildman–Crippen MR) is 48.5 cm³/mol. The SMILES string of the molecule is COc1c(C(N)CO)c(C)nn1C. The lowest BCUT2D eigenvalue weighted by atomic mass is 10.1. The molecule has 5 heteroatoms. The lowest BCUT2D eigenvalue weighted by Gasteiger charge is -2.09. The first-order valence-electron chi connectivity index (χ1n) is 4.05. The highest BCUT2D eigenvalue weighted by atomic mass is 16.5. The van der Waals surface area contributed by atoms with Gasteiger partial charge in [-0.15, -0.1) is 0 Å². The lowest BCUT2D eigenvalue weighted by molar-refractivity contribution is 0.263. The molecule has 0 amide bonds. The van der Waals surface area contributed by atoms with Crippen LogP contribution in [0.2, 0.25) is 0 Å². The number of rotatable bonds is 3. The van der Waals surface area contributed by atoms with E-state index in [1.54, 1.807) is 18.8 Å². The molecule has 0 spiro atoms. The van der Waals surface area contributed by atoms with Crippen LogP contribution < -0.4 is 10.5 Å². The molecule has 0 aliphatic rings. The summed E-state index contributed by atoms with van der Waals surface area (Å²) in [6.07, 6.45) is 0. The Balaban J connectivity index is 3.16. The third kappa shape index (κ3) is 1.66. The number of ether oxygens (including phenoxy) is 1. The fourth-order valence-corrected chi connectivity index (χ4v) is 1.41. The van der Waals surface area contributed by atoms with Gasteiger partial charge in [0.25, 0.3) is 0 Å². The average Bonchev–Trinajstić information content (AvgIpc) is 2.39. The molecule has 0 fully saturated rings. The van der Waals surface area contributed by atoms with Crippen molar-refractivity contribution in [2.75, 3.05) is 13.7 Å². The second-order valence-corrected chi connectivity index (χ2v) is 2.92. The Kier molecular flexibility index (Phi) is 2.90. The quantitative estimate of drug-likeness (QED) is 0.679. The number of hydrogen-bond acceptors (Lipinski definition) is 4. The molecule has 74 valence electrons. The van der Waals surface area contributed by atoms with Crippen LogP contribution in [-0.4, -0.2) is 28.6 Å². The molecule has 0 aliphatic carbocycles. The number of aliphatic hydroxyl groups is 1. The topological polar surface area (TPSA) is 73.3 Å². The second-order valence-electron chi connectivity index (χ2n) is 2.92. The zero-order chi connectivity index (χ0) is 10.0. The summed E-state index contributed by atoms with van der Waals surface area (Å²) in [6, 6.07) is -0.427. The zero-order valence-electron chi connectivity index (χ0n) is 8.11. The van der Waals surface area contributed by atoms with E-state index in [2.05, 4.69) is 5.10 Å². The lowest BCUT2D eigenvalue weighted by Crippen LogP contribution is -2.16. The predicted octanol–water partition coefficient (Wildman–Crippen LogP) is -0.271. The number of nitrogens with zero attached hydrogens (tertiary/aromatic N) is 2. The first kappa shape index (κ1) is 10.0. The van der Waals surface area contributed by atoms with E-state index in [1.165, 1.54) is 0 Å². The highest BCUT2D eigenvalue weighted by Gasteiger charge is 2.19. The van der Waals surface area contributed by atoms with Gasteiger partial charge < -0.3 is 15.6 Å². The molecular weight excluding hydrogens is 170 g/mol. The monoisotopic (exact) mass is 185 g/mol. The van der Waals surface area contributed by atoms with Crippen LogP contribution in [0.5, 0.6) is 5.88 Å². The van der Waals surface area contributed by atoms with Gasteiger partial charge in [0, 0.05) is 7.05 Å². The first-order chi connectivity index (χ1) is 6.11. The second kappa shape index (κ2) is 3.76. The van der Waals surface area contributed by atoms with E-state index in [4.69, 9.17) is 15.6 Å². The third-order valence-corrected chi connectivity index (χ3v) is 1.97. The summed E-state index contributed by atoms with van der Waals surface area (Å²) in [4.78, 5) is 0. The summed E-state index contributed by atoms with van der Waals surface area (Å²) in [5, 5.41) is 13.1. The molecule has 1 unspecified atom stereocenters. The zero-order valence-corrected chi connectivity index (χ0v) is 8.11. The van der Waals surface area contributed by atoms with Crippen LogP contribution in [0.25, 0.3) is 0 Å². The highest BCUT2D eigenvalue weighted by molar-refractivity contribution is 5.33. The van der Waals surface area contributed by atoms with Gasteiger partial charge in [0.1, 0.15) is 0 Å². The molecule has 3 N–H and O–H groups in total. The minimum Gasteiger partial charge on any atom is -0.481 e. The van der Waals surface area contributed by atoms with Gasteiger partial charge in [-0.05, 0) is 6.92 Å². The van der Waals surface area contributed by atoms with Gasteiger partial charge in [-0.3, -0.25) is 0 Å². The van der Waals surface area contributed by atoms with E-state index in [0.717, 1.165) is 11.3 Å². The van der Waals surface area contributed by atoms with Crippen LogP contribution in [0.3, 0.4) is 0 Å². The van der Waals surface area contributed by atoms with Crippen LogP contribution in [0.4, 0.5) is 0 Å². The Hall–Kier alpha value is -1.07. The summed E-state index contributed by atoms with van der Waals surface area (Å²) in [7, 11) is 3.34. The molecule has 0 radical (unpaired) electrons. The average molecular weight is 185 g/mol. The molecule has 1 aromatic heterocycles. The van der Waals surface area contributed by atoms with Crippen molar-refractivity contribution < 1.29 is 9.84 Å². The van der Waals surface area contributed by atoms with Crippen LogP contribution >= 0.6 is 0 Å². The van der Waals surface area contributed by atoms with Crippen molar-refractivity contribution in [3.63, 3.8) is 0 Å². The summed E-state index contributed by atoms with van der Waals surface area (Å²) in [5.74, 6) is 0.610. The van der Waals surface area contributed by atoms with Crippen molar-refractivity contribution in [1.29, 1.82) is 0 Å². The summed E-state index contributed by atoms with van der Waals surface area (Å²) >= 11 is 0. The largest absolute Gasteiger partial charge is 0.481 e. The standard InChI is InChI=1S/C8H15N3O2/c1-5-7(6(9)4-12)8(13-3)11(2)10-5/h6,12H,4,9H2,1-3H3. The Morgan fingerprint density at radius 1 is 1.69 bits per heavy atom. The molecule has 1 aromatic rings.